The predicted molar refractivity (Wildman–Crippen MR) is 46.8 cm³/mol. The third-order valence-corrected chi connectivity index (χ3v) is 2.33. The number of methoxy groups -OCH3 is 1. The maximum Gasteiger partial charge on any atom is 0.0824 e. The van der Waals surface area contributed by atoms with Crippen molar-refractivity contribution in [2.75, 3.05) is 26.7 Å². The normalized spacial score (nSPS) is 20.2. The van der Waals surface area contributed by atoms with Crippen LogP contribution in [0.5, 0.6) is 0 Å². The first-order valence-electron chi connectivity index (χ1n) is 4.62. The molecule has 0 atom stereocenters. The van der Waals surface area contributed by atoms with Crippen LogP contribution in [0.25, 0.3) is 0 Å². The molecule has 0 amide bonds. The van der Waals surface area contributed by atoms with Gasteiger partial charge < -0.3 is 4.74 Å². The molecule has 1 aliphatic rings. The number of hydrogen-bond donors (Lipinski definition) is 0. The monoisotopic (exact) mass is 157 g/mol. The Labute approximate surface area is 69.5 Å². The van der Waals surface area contributed by atoms with Crippen LogP contribution in [0.2, 0.25) is 0 Å². The van der Waals surface area contributed by atoms with Gasteiger partial charge in [0.25, 0.3) is 0 Å². The van der Waals surface area contributed by atoms with Gasteiger partial charge in [-0.05, 0) is 13.0 Å². The lowest BCUT2D eigenvalue weighted by molar-refractivity contribution is -0.0296. The van der Waals surface area contributed by atoms with Crippen LogP contribution in [0.4, 0.5) is 0 Å². The lowest BCUT2D eigenvalue weighted by Crippen LogP contribution is -2.51. The minimum Gasteiger partial charge on any atom is -0.379 e. The zero-order valence-electron chi connectivity index (χ0n) is 7.68. The molecule has 0 aromatic carbocycles. The Morgan fingerprint density at radius 2 is 2.09 bits per heavy atom. The highest BCUT2D eigenvalue weighted by Crippen LogP contribution is 2.11. The van der Waals surface area contributed by atoms with E-state index in [2.05, 4.69) is 11.8 Å². The van der Waals surface area contributed by atoms with Crippen LogP contribution < -0.4 is 0 Å². The Morgan fingerprint density at radius 1 is 1.36 bits per heavy atom. The van der Waals surface area contributed by atoms with Gasteiger partial charge in [0, 0.05) is 20.2 Å². The first kappa shape index (κ1) is 9.01. The summed E-state index contributed by atoms with van der Waals surface area (Å²) in [7, 11) is 1.80. The van der Waals surface area contributed by atoms with Gasteiger partial charge in [0.1, 0.15) is 0 Å². The lowest BCUT2D eigenvalue weighted by Gasteiger charge is -2.38. The predicted octanol–water partition coefficient (Wildman–Crippen LogP) is 1.51. The van der Waals surface area contributed by atoms with E-state index in [0.29, 0.717) is 6.10 Å². The Kier molecular flexibility index (Phi) is 3.87. The number of unbranched alkanes of at least 4 members (excludes halogenated alkanes) is 2. The second-order valence-corrected chi connectivity index (χ2v) is 3.32. The minimum absolute atomic E-state index is 0.525. The molecule has 1 fully saturated rings. The number of rotatable bonds is 5. The SMILES string of the molecule is CCCCCN1CC(OC)C1. The second-order valence-electron chi connectivity index (χ2n) is 3.32. The molecular formula is C9H19NO. The van der Waals surface area contributed by atoms with E-state index in [9.17, 15) is 0 Å². The molecule has 11 heavy (non-hydrogen) atoms. The second kappa shape index (κ2) is 4.73. The van der Waals surface area contributed by atoms with Gasteiger partial charge in [-0.2, -0.15) is 0 Å². The summed E-state index contributed by atoms with van der Waals surface area (Å²) in [6, 6.07) is 0. The zero-order valence-corrected chi connectivity index (χ0v) is 7.68. The van der Waals surface area contributed by atoms with Crippen LogP contribution in [0.15, 0.2) is 0 Å². The van der Waals surface area contributed by atoms with Crippen LogP contribution in [0.3, 0.4) is 0 Å². The Hall–Kier alpha value is -0.0800. The minimum atomic E-state index is 0.525. The van der Waals surface area contributed by atoms with Crippen molar-refractivity contribution in [3.05, 3.63) is 0 Å². The van der Waals surface area contributed by atoms with E-state index in [0.717, 1.165) is 13.1 Å². The average Bonchev–Trinajstić information content (AvgIpc) is 1.94. The average molecular weight is 157 g/mol. The molecule has 0 aliphatic carbocycles. The van der Waals surface area contributed by atoms with Gasteiger partial charge in [-0.1, -0.05) is 19.8 Å². The van der Waals surface area contributed by atoms with Crippen LogP contribution in [0, 0.1) is 0 Å². The smallest absolute Gasteiger partial charge is 0.0824 e. The number of nitrogens with zero attached hydrogens (tertiary/aromatic N) is 1. The summed E-state index contributed by atoms with van der Waals surface area (Å²) >= 11 is 0. The molecule has 1 aliphatic heterocycles. The van der Waals surface area contributed by atoms with Crippen molar-refractivity contribution in [1.82, 2.24) is 4.90 Å². The number of ether oxygens (including phenoxy) is 1. The summed E-state index contributed by atoms with van der Waals surface area (Å²) in [6.45, 7) is 5.82. The van der Waals surface area contributed by atoms with Crippen molar-refractivity contribution < 1.29 is 4.74 Å². The van der Waals surface area contributed by atoms with Crippen molar-refractivity contribution in [2.45, 2.75) is 32.3 Å². The van der Waals surface area contributed by atoms with Gasteiger partial charge in [0.15, 0.2) is 0 Å². The molecule has 2 heteroatoms. The fourth-order valence-electron chi connectivity index (χ4n) is 1.44. The van der Waals surface area contributed by atoms with Gasteiger partial charge in [-0.3, -0.25) is 4.90 Å². The largest absolute Gasteiger partial charge is 0.379 e. The van der Waals surface area contributed by atoms with E-state index in [1.54, 1.807) is 7.11 Å². The van der Waals surface area contributed by atoms with Crippen LogP contribution in [0.1, 0.15) is 26.2 Å². The molecule has 2 nitrogen and oxygen atoms in total. The molecule has 1 saturated heterocycles. The van der Waals surface area contributed by atoms with E-state index in [-0.39, 0.29) is 0 Å². The maximum atomic E-state index is 5.18. The van der Waals surface area contributed by atoms with Gasteiger partial charge in [-0.25, -0.2) is 0 Å². The van der Waals surface area contributed by atoms with Crippen molar-refractivity contribution in [3.63, 3.8) is 0 Å². The molecular weight excluding hydrogens is 138 g/mol. The van der Waals surface area contributed by atoms with E-state index in [1.807, 2.05) is 0 Å². The van der Waals surface area contributed by atoms with Gasteiger partial charge in [-0.15, -0.1) is 0 Å². The topological polar surface area (TPSA) is 12.5 Å². The molecule has 0 N–H and O–H groups in total. The standard InChI is InChI=1S/C9H19NO/c1-3-4-5-6-10-7-9(8-10)11-2/h9H,3-8H2,1-2H3. The molecule has 1 rings (SSSR count). The zero-order chi connectivity index (χ0) is 8.10. The van der Waals surface area contributed by atoms with Crippen LogP contribution in [-0.2, 0) is 4.74 Å². The third kappa shape index (κ3) is 2.80. The van der Waals surface area contributed by atoms with Crippen molar-refractivity contribution in [1.29, 1.82) is 0 Å². The summed E-state index contributed by atoms with van der Waals surface area (Å²) in [5.74, 6) is 0. The first-order valence-corrected chi connectivity index (χ1v) is 4.62. The Balaban J connectivity index is 1.88. The Bertz CT molecular complexity index is 99.7. The van der Waals surface area contributed by atoms with E-state index >= 15 is 0 Å². The fourth-order valence-corrected chi connectivity index (χ4v) is 1.44. The van der Waals surface area contributed by atoms with Crippen molar-refractivity contribution >= 4 is 0 Å². The molecule has 0 saturated carbocycles. The van der Waals surface area contributed by atoms with Crippen molar-refractivity contribution in [3.8, 4) is 0 Å². The van der Waals surface area contributed by atoms with Crippen LogP contribution in [-0.4, -0.2) is 37.7 Å². The molecule has 0 aromatic rings. The first-order chi connectivity index (χ1) is 5.36. The highest BCUT2D eigenvalue weighted by Gasteiger charge is 2.24. The van der Waals surface area contributed by atoms with Crippen molar-refractivity contribution in [2.24, 2.45) is 0 Å². The summed E-state index contributed by atoms with van der Waals surface area (Å²) in [5, 5.41) is 0. The molecule has 0 radical (unpaired) electrons. The quantitative estimate of drug-likeness (QED) is 0.561. The highest BCUT2D eigenvalue weighted by molar-refractivity contribution is 4.79. The molecule has 66 valence electrons. The molecule has 0 unspecified atom stereocenters. The Morgan fingerprint density at radius 3 is 2.64 bits per heavy atom. The molecule has 0 bridgehead atoms. The summed E-state index contributed by atoms with van der Waals surface area (Å²) in [6.07, 6.45) is 4.57. The third-order valence-electron chi connectivity index (χ3n) is 2.33. The summed E-state index contributed by atoms with van der Waals surface area (Å²) < 4.78 is 5.18. The number of hydrogen-bond acceptors (Lipinski definition) is 2. The van der Waals surface area contributed by atoms with E-state index < -0.39 is 0 Å². The molecule has 1 heterocycles. The van der Waals surface area contributed by atoms with Gasteiger partial charge in [0.2, 0.25) is 0 Å². The lowest BCUT2D eigenvalue weighted by atomic mass is 10.1. The number of likely N-dealkylation sites (tertiary alicyclic amines) is 1. The highest BCUT2D eigenvalue weighted by atomic mass is 16.5. The molecule has 0 spiro atoms. The van der Waals surface area contributed by atoms with Gasteiger partial charge >= 0.3 is 0 Å². The van der Waals surface area contributed by atoms with E-state index in [1.165, 1.54) is 25.8 Å². The summed E-state index contributed by atoms with van der Waals surface area (Å²) in [4.78, 5) is 2.46. The molecule has 0 aromatic heterocycles. The fraction of sp³-hybridized carbons (Fsp3) is 1.00. The van der Waals surface area contributed by atoms with Gasteiger partial charge in [0.05, 0.1) is 6.10 Å². The van der Waals surface area contributed by atoms with E-state index in [4.69, 9.17) is 4.74 Å². The van der Waals surface area contributed by atoms with Crippen LogP contribution >= 0.6 is 0 Å². The summed E-state index contributed by atoms with van der Waals surface area (Å²) in [5.41, 5.74) is 0. The maximum absolute atomic E-state index is 5.18.